The maximum atomic E-state index is 12.7. The number of ether oxygens (including phenoxy) is 2. The van der Waals surface area contributed by atoms with Crippen molar-refractivity contribution in [3.63, 3.8) is 0 Å². The molecule has 1 aliphatic heterocycles. The van der Waals surface area contributed by atoms with Crippen LogP contribution in [0.25, 0.3) is 0 Å². The molecule has 0 bridgehead atoms. The second-order valence-corrected chi connectivity index (χ2v) is 6.55. The first kappa shape index (κ1) is 18.2. The Kier molecular flexibility index (Phi) is 5.41. The second-order valence-electron chi connectivity index (χ2n) is 6.55. The fraction of sp³-hybridized carbons (Fsp3) is 0.500. The van der Waals surface area contributed by atoms with E-state index >= 15 is 0 Å². The number of fused-ring (bicyclic) bond motifs is 1. The third-order valence-electron chi connectivity index (χ3n) is 4.29. The SMILES string of the molecule is Cc1nc(C)n(CCCNC(=O)[C@H](c2ccc3c(c2)OCO3)N(C)C)n1. The Labute approximate surface area is 153 Å². The van der Waals surface area contributed by atoms with Gasteiger partial charge in [0.2, 0.25) is 12.7 Å². The number of hydrogen-bond acceptors (Lipinski definition) is 6. The number of aryl methyl sites for hydroxylation is 3. The van der Waals surface area contributed by atoms with Gasteiger partial charge in [0.1, 0.15) is 17.7 Å². The fourth-order valence-corrected chi connectivity index (χ4v) is 3.08. The molecule has 1 aromatic heterocycles. The number of carbonyl (C=O) groups is 1. The molecule has 2 aromatic rings. The topological polar surface area (TPSA) is 81.5 Å². The van der Waals surface area contributed by atoms with Crippen LogP contribution in [0.15, 0.2) is 18.2 Å². The first-order valence-corrected chi connectivity index (χ1v) is 8.67. The highest BCUT2D eigenvalue weighted by Crippen LogP contribution is 2.35. The Morgan fingerprint density at radius 3 is 2.77 bits per heavy atom. The summed E-state index contributed by atoms with van der Waals surface area (Å²) in [6, 6.07) is 5.23. The van der Waals surface area contributed by atoms with Crippen LogP contribution in [0, 0.1) is 13.8 Å². The number of nitrogens with one attached hydrogen (secondary N) is 1. The molecule has 2 heterocycles. The summed E-state index contributed by atoms with van der Waals surface area (Å²) in [5.74, 6) is 3.01. The van der Waals surface area contributed by atoms with Gasteiger partial charge in [-0.2, -0.15) is 5.10 Å². The minimum absolute atomic E-state index is 0.0413. The zero-order valence-electron chi connectivity index (χ0n) is 15.7. The van der Waals surface area contributed by atoms with Crippen LogP contribution in [0.3, 0.4) is 0 Å². The molecule has 0 radical (unpaired) electrons. The van der Waals surface area contributed by atoms with Gasteiger partial charge in [-0.15, -0.1) is 0 Å². The lowest BCUT2D eigenvalue weighted by Gasteiger charge is -2.24. The van der Waals surface area contributed by atoms with Crippen molar-refractivity contribution in [1.29, 1.82) is 0 Å². The van der Waals surface area contributed by atoms with E-state index in [9.17, 15) is 4.79 Å². The molecule has 1 atom stereocenters. The number of benzene rings is 1. The van der Waals surface area contributed by atoms with Gasteiger partial charge in [-0.3, -0.25) is 14.4 Å². The van der Waals surface area contributed by atoms with Crippen molar-refractivity contribution in [2.24, 2.45) is 0 Å². The molecule has 3 rings (SSSR count). The molecule has 0 fully saturated rings. The third-order valence-corrected chi connectivity index (χ3v) is 4.29. The Morgan fingerprint density at radius 1 is 1.31 bits per heavy atom. The number of aromatic nitrogens is 3. The van der Waals surface area contributed by atoms with Gasteiger partial charge < -0.3 is 14.8 Å². The van der Waals surface area contributed by atoms with Crippen LogP contribution in [0.5, 0.6) is 11.5 Å². The number of amides is 1. The van der Waals surface area contributed by atoms with Crippen LogP contribution < -0.4 is 14.8 Å². The summed E-state index contributed by atoms with van der Waals surface area (Å²) < 4.78 is 12.6. The van der Waals surface area contributed by atoms with Gasteiger partial charge in [-0.05, 0) is 52.1 Å². The number of likely N-dealkylation sites (N-methyl/N-ethyl adjacent to an activating group) is 1. The number of nitrogens with zero attached hydrogens (tertiary/aromatic N) is 4. The van der Waals surface area contributed by atoms with E-state index in [0.717, 1.165) is 30.2 Å². The monoisotopic (exact) mass is 359 g/mol. The Morgan fingerprint density at radius 2 is 2.08 bits per heavy atom. The second kappa shape index (κ2) is 7.74. The molecule has 26 heavy (non-hydrogen) atoms. The average Bonchev–Trinajstić information content (AvgIpc) is 3.17. The summed E-state index contributed by atoms with van der Waals surface area (Å²) in [5, 5.41) is 7.34. The molecule has 1 aliphatic rings. The van der Waals surface area contributed by atoms with Gasteiger partial charge in [-0.25, -0.2) is 4.98 Å². The first-order valence-electron chi connectivity index (χ1n) is 8.67. The van der Waals surface area contributed by atoms with Crippen LogP contribution in [0.2, 0.25) is 0 Å². The van der Waals surface area contributed by atoms with Crippen molar-refractivity contribution in [1.82, 2.24) is 25.0 Å². The lowest BCUT2D eigenvalue weighted by atomic mass is 10.0. The van der Waals surface area contributed by atoms with Crippen molar-refractivity contribution in [3.05, 3.63) is 35.4 Å². The van der Waals surface area contributed by atoms with Crippen LogP contribution in [0.1, 0.15) is 29.7 Å². The lowest BCUT2D eigenvalue weighted by molar-refractivity contribution is -0.125. The van der Waals surface area contributed by atoms with E-state index in [1.807, 2.05) is 55.7 Å². The van der Waals surface area contributed by atoms with E-state index in [-0.39, 0.29) is 18.7 Å². The van der Waals surface area contributed by atoms with Crippen molar-refractivity contribution >= 4 is 5.91 Å². The van der Waals surface area contributed by atoms with Crippen molar-refractivity contribution < 1.29 is 14.3 Å². The van der Waals surface area contributed by atoms with E-state index in [1.165, 1.54) is 0 Å². The number of carbonyl (C=O) groups excluding carboxylic acids is 1. The molecule has 8 nitrogen and oxygen atoms in total. The summed E-state index contributed by atoms with van der Waals surface area (Å²) >= 11 is 0. The molecule has 1 amide bonds. The van der Waals surface area contributed by atoms with Gasteiger partial charge in [0.15, 0.2) is 11.5 Å². The highest BCUT2D eigenvalue weighted by Gasteiger charge is 2.25. The maximum Gasteiger partial charge on any atom is 0.241 e. The zero-order chi connectivity index (χ0) is 18.7. The number of rotatable bonds is 7. The van der Waals surface area contributed by atoms with E-state index < -0.39 is 0 Å². The summed E-state index contributed by atoms with van der Waals surface area (Å²) in [6.45, 7) is 5.33. The third kappa shape index (κ3) is 3.96. The lowest BCUT2D eigenvalue weighted by Crippen LogP contribution is -2.37. The predicted octanol–water partition coefficient (Wildman–Crippen LogP) is 1.43. The molecule has 0 unspecified atom stereocenters. The average molecular weight is 359 g/mol. The summed E-state index contributed by atoms with van der Waals surface area (Å²) in [6.07, 6.45) is 0.788. The van der Waals surface area contributed by atoms with Gasteiger partial charge in [-0.1, -0.05) is 6.07 Å². The van der Waals surface area contributed by atoms with E-state index in [1.54, 1.807) is 0 Å². The first-order chi connectivity index (χ1) is 12.5. The molecule has 0 saturated carbocycles. The standard InChI is InChI=1S/C18H25N5O3/c1-12-20-13(2)23(21-12)9-5-8-19-18(24)17(22(3)4)14-6-7-15-16(10-14)26-11-25-15/h6-7,10,17H,5,8-9,11H2,1-4H3,(H,19,24)/t17-/m0/s1. The van der Waals surface area contributed by atoms with Crippen LogP contribution in [-0.2, 0) is 11.3 Å². The largest absolute Gasteiger partial charge is 0.454 e. The molecule has 0 aliphatic carbocycles. The molecular weight excluding hydrogens is 334 g/mol. The van der Waals surface area contributed by atoms with E-state index in [2.05, 4.69) is 15.4 Å². The van der Waals surface area contributed by atoms with Crippen molar-refractivity contribution in [2.45, 2.75) is 32.9 Å². The van der Waals surface area contributed by atoms with Crippen LogP contribution >= 0.6 is 0 Å². The highest BCUT2D eigenvalue weighted by atomic mass is 16.7. The Bertz CT molecular complexity index is 787. The fourth-order valence-electron chi connectivity index (χ4n) is 3.08. The zero-order valence-corrected chi connectivity index (χ0v) is 15.7. The van der Waals surface area contributed by atoms with Crippen LogP contribution in [0.4, 0.5) is 0 Å². The maximum absolute atomic E-state index is 12.7. The quantitative estimate of drug-likeness (QED) is 0.753. The van der Waals surface area contributed by atoms with Gasteiger partial charge in [0.05, 0.1) is 0 Å². The molecular formula is C18H25N5O3. The minimum Gasteiger partial charge on any atom is -0.454 e. The number of hydrogen-bond donors (Lipinski definition) is 1. The molecule has 8 heteroatoms. The summed E-state index contributed by atoms with van der Waals surface area (Å²) in [5.41, 5.74) is 0.875. The normalized spacial score (nSPS) is 13.9. The highest BCUT2D eigenvalue weighted by molar-refractivity contribution is 5.83. The van der Waals surface area contributed by atoms with Crippen molar-refractivity contribution in [3.8, 4) is 11.5 Å². The summed E-state index contributed by atoms with van der Waals surface area (Å²) in [7, 11) is 3.77. The molecule has 140 valence electrons. The van der Waals surface area contributed by atoms with Gasteiger partial charge in [0.25, 0.3) is 0 Å². The molecule has 1 N–H and O–H groups in total. The van der Waals surface area contributed by atoms with E-state index in [0.29, 0.717) is 18.0 Å². The van der Waals surface area contributed by atoms with Gasteiger partial charge >= 0.3 is 0 Å². The Balaban J connectivity index is 1.58. The van der Waals surface area contributed by atoms with E-state index in [4.69, 9.17) is 9.47 Å². The minimum atomic E-state index is -0.389. The van der Waals surface area contributed by atoms with Gasteiger partial charge in [0, 0.05) is 13.1 Å². The van der Waals surface area contributed by atoms with Crippen LogP contribution in [-0.4, -0.2) is 53.0 Å². The Hall–Kier alpha value is -2.61. The molecule has 0 spiro atoms. The summed E-state index contributed by atoms with van der Waals surface area (Å²) in [4.78, 5) is 18.9. The molecule has 0 saturated heterocycles. The smallest absolute Gasteiger partial charge is 0.241 e. The molecule has 1 aromatic carbocycles. The van der Waals surface area contributed by atoms with Crippen molar-refractivity contribution in [2.75, 3.05) is 27.4 Å². The predicted molar refractivity (Wildman–Crippen MR) is 96.1 cm³/mol.